The molecule has 0 aliphatic carbocycles. The second kappa shape index (κ2) is 12.4. The Morgan fingerprint density at radius 2 is 1.62 bits per heavy atom. The van der Waals surface area contributed by atoms with E-state index in [1.807, 2.05) is 66.9 Å². The number of nitrogens with zero attached hydrogens (tertiary/aromatic N) is 3. The van der Waals surface area contributed by atoms with Crippen LogP contribution in [0.25, 0.3) is 16.8 Å². The average molecular weight is 603 g/mol. The zero-order valence-corrected chi connectivity index (χ0v) is 25.5. The van der Waals surface area contributed by atoms with Crippen LogP contribution in [-0.2, 0) is 13.0 Å². The molecule has 2 amide bonds. The second-order valence-electron chi connectivity index (χ2n) is 11.8. The maximum atomic E-state index is 14.9. The maximum Gasteiger partial charge on any atom is 0.257 e. The van der Waals surface area contributed by atoms with Gasteiger partial charge in [-0.2, -0.15) is 0 Å². The van der Waals surface area contributed by atoms with Crippen molar-refractivity contribution in [3.05, 3.63) is 137 Å². The first kappa shape index (κ1) is 29.8. The summed E-state index contributed by atoms with van der Waals surface area (Å²) in [6, 6.07) is 28.1. The van der Waals surface area contributed by atoms with Gasteiger partial charge in [0.15, 0.2) is 0 Å². The molecule has 0 radical (unpaired) electrons. The number of halogens is 1. The van der Waals surface area contributed by atoms with Gasteiger partial charge in [0.25, 0.3) is 11.8 Å². The Kier molecular flexibility index (Phi) is 8.24. The predicted octanol–water partition coefficient (Wildman–Crippen LogP) is 6.68. The van der Waals surface area contributed by atoms with E-state index in [1.54, 1.807) is 30.5 Å². The minimum Gasteiger partial charge on any atom is -0.508 e. The van der Waals surface area contributed by atoms with Crippen molar-refractivity contribution in [2.45, 2.75) is 25.9 Å². The minimum atomic E-state index is -0.441. The highest BCUT2D eigenvalue weighted by Gasteiger charge is 2.32. The number of phenols is 1. The minimum absolute atomic E-state index is 0.0445. The maximum absolute atomic E-state index is 14.9. The van der Waals surface area contributed by atoms with Crippen LogP contribution in [0, 0.1) is 12.7 Å². The highest BCUT2D eigenvalue weighted by molar-refractivity contribution is 6.05. The van der Waals surface area contributed by atoms with E-state index in [2.05, 4.69) is 22.3 Å². The number of phenolic OH excluding ortho intramolecular Hbond substituents is 1. The normalized spacial score (nSPS) is 14.3. The summed E-state index contributed by atoms with van der Waals surface area (Å²) in [4.78, 5) is 31.5. The number of amides is 2. The number of likely N-dealkylation sites (N-methyl/N-ethyl adjacent to an activating group) is 1. The molecule has 0 spiro atoms. The number of nitrogens with one attached hydrogen (secondary N) is 1. The third-order valence-electron chi connectivity index (χ3n) is 8.26. The van der Waals surface area contributed by atoms with Crippen LogP contribution < -0.4 is 5.32 Å². The Morgan fingerprint density at radius 3 is 2.38 bits per heavy atom. The standard InChI is InChI=1S/C37H35FN4O3/c1-24-18-27(36(44)39-29-13-15-31(43)16-14-29)22-41(24)35-11-7-6-10-32(35)34-20-28(38)12-17-33(34)37(45)42-21-26-9-5-4-8-25(26)19-30(42)23-40(2)3/h4-18,20,22,30,43H,19,21,23H2,1-3H3,(H,39,44)/t30-/m0/s1. The Morgan fingerprint density at radius 1 is 0.911 bits per heavy atom. The van der Waals surface area contributed by atoms with Crippen LogP contribution in [0.2, 0.25) is 0 Å². The number of rotatable bonds is 7. The highest BCUT2D eigenvalue weighted by atomic mass is 19.1. The third-order valence-corrected chi connectivity index (χ3v) is 8.26. The van der Waals surface area contributed by atoms with Gasteiger partial charge in [-0.05, 0) is 98.7 Å². The van der Waals surface area contributed by atoms with E-state index >= 15 is 0 Å². The molecule has 2 heterocycles. The van der Waals surface area contributed by atoms with Crippen LogP contribution in [-0.4, -0.2) is 58.0 Å². The molecule has 4 aromatic carbocycles. The fraction of sp³-hybridized carbons (Fsp3) is 0.189. The number of carbonyl (C=O) groups is 2. The molecule has 2 N–H and O–H groups in total. The zero-order chi connectivity index (χ0) is 31.7. The molecule has 1 atom stereocenters. The highest BCUT2D eigenvalue weighted by Crippen LogP contribution is 2.34. The fourth-order valence-electron chi connectivity index (χ4n) is 6.11. The van der Waals surface area contributed by atoms with E-state index in [-0.39, 0.29) is 23.6 Å². The summed E-state index contributed by atoms with van der Waals surface area (Å²) in [6.45, 7) is 3.07. The Hall–Kier alpha value is -5.21. The first-order valence-corrected chi connectivity index (χ1v) is 14.9. The molecule has 6 rings (SSSR count). The van der Waals surface area contributed by atoms with Crippen LogP contribution in [0.3, 0.4) is 0 Å². The number of carbonyl (C=O) groups excluding carboxylic acids is 2. The lowest BCUT2D eigenvalue weighted by Gasteiger charge is -2.38. The van der Waals surface area contributed by atoms with Crippen LogP contribution in [0.5, 0.6) is 5.75 Å². The van der Waals surface area contributed by atoms with Crippen molar-refractivity contribution in [2.75, 3.05) is 26.0 Å². The summed E-state index contributed by atoms with van der Waals surface area (Å²) in [7, 11) is 4.00. The molecule has 228 valence electrons. The van der Waals surface area contributed by atoms with Crippen LogP contribution >= 0.6 is 0 Å². The molecule has 0 fully saturated rings. The SMILES string of the molecule is Cc1cc(C(=O)Nc2ccc(O)cc2)cn1-c1ccccc1-c1cc(F)ccc1C(=O)N1Cc2ccccc2C[C@H]1CN(C)C. The lowest BCUT2D eigenvalue weighted by atomic mass is 9.91. The monoisotopic (exact) mass is 602 g/mol. The number of hydrogen-bond acceptors (Lipinski definition) is 4. The summed E-state index contributed by atoms with van der Waals surface area (Å²) in [6.07, 6.45) is 2.48. The van der Waals surface area contributed by atoms with Gasteiger partial charge in [0.2, 0.25) is 0 Å². The van der Waals surface area contributed by atoms with Gasteiger partial charge in [-0.3, -0.25) is 9.59 Å². The lowest BCUT2D eigenvalue weighted by Crippen LogP contribution is -2.49. The molecule has 0 saturated carbocycles. The quantitative estimate of drug-likeness (QED) is 0.204. The average Bonchev–Trinajstić information content (AvgIpc) is 3.42. The van der Waals surface area contributed by atoms with Gasteiger partial charge in [-0.25, -0.2) is 4.39 Å². The number of anilines is 1. The summed E-state index contributed by atoms with van der Waals surface area (Å²) in [5.74, 6) is -0.790. The van der Waals surface area contributed by atoms with E-state index in [4.69, 9.17) is 0 Å². The molecule has 1 aromatic heterocycles. The summed E-state index contributed by atoms with van der Waals surface area (Å²) < 4.78 is 16.8. The van der Waals surface area contributed by atoms with Gasteiger partial charge in [-0.1, -0.05) is 42.5 Å². The van der Waals surface area contributed by atoms with Gasteiger partial charge in [0, 0.05) is 47.8 Å². The predicted molar refractivity (Wildman–Crippen MR) is 174 cm³/mol. The van der Waals surface area contributed by atoms with E-state index in [9.17, 15) is 19.1 Å². The first-order chi connectivity index (χ1) is 21.7. The van der Waals surface area contributed by atoms with Gasteiger partial charge < -0.3 is 24.8 Å². The lowest BCUT2D eigenvalue weighted by molar-refractivity contribution is 0.0607. The van der Waals surface area contributed by atoms with Crippen LogP contribution in [0.15, 0.2) is 103 Å². The van der Waals surface area contributed by atoms with Crippen molar-refractivity contribution in [3.63, 3.8) is 0 Å². The van der Waals surface area contributed by atoms with Crippen molar-refractivity contribution >= 4 is 17.5 Å². The van der Waals surface area contributed by atoms with Gasteiger partial charge in [-0.15, -0.1) is 0 Å². The molecule has 0 bridgehead atoms. The number of benzene rings is 4. The van der Waals surface area contributed by atoms with Gasteiger partial charge >= 0.3 is 0 Å². The van der Waals surface area contributed by atoms with Gasteiger partial charge in [0.05, 0.1) is 11.3 Å². The van der Waals surface area contributed by atoms with E-state index in [0.717, 1.165) is 17.7 Å². The molecule has 7 nitrogen and oxygen atoms in total. The molecule has 5 aromatic rings. The number of aromatic hydroxyl groups is 1. The Balaban J connectivity index is 1.38. The Bertz CT molecular complexity index is 1880. The van der Waals surface area contributed by atoms with Crippen molar-refractivity contribution in [3.8, 4) is 22.6 Å². The fourth-order valence-corrected chi connectivity index (χ4v) is 6.11. The van der Waals surface area contributed by atoms with Crippen molar-refractivity contribution < 1.29 is 19.1 Å². The first-order valence-electron chi connectivity index (χ1n) is 14.9. The van der Waals surface area contributed by atoms with Crippen molar-refractivity contribution in [1.82, 2.24) is 14.4 Å². The molecule has 45 heavy (non-hydrogen) atoms. The topological polar surface area (TPSA) is 77.8 Å². The second-order valence-corrected chi connectivity index (χ2v) is 11.8. The molecule has 1 aliphatic heterocycles. The Labute approximate surface area is 262 Å². The number of aromatic nitrogens is 1. The molecule has 8 heteroatoms. The molecule has 0 unspecified atom stereocenters. The third kappa shape index (κ3) is 6.23. The summed E-state index contributed by atoms with van der Waals surface area (Å²) in [5, 5.41) is 12.4. The van der Waals surface area contributed by atoms with Crippen LogP contribution in [0.4, 0.5) is 10.1 Å². The summed E-state index contributed by atoms with van der Waals surface area (Å²) >= 11 is 0. The molecular weight excluding hydrogens is 567 g/mol. The van der Waals surface area contributed by atoms with Gasteiger partial charge in [0.1, 0.15) is 11.6 Å². The molecule has 1 aliphatic rings. The van der Waals surface area contributed by atoms with Crippen molar-refractivity contribution in [1.29, 1.82) is 0 Å². The number of para-hydroxylation sites is 1. The number of hydrogen-bond donors (Lipinski definition) is 2. The summed E-state index contributed by atoms with van der Waals surface area (Å²) in [5.41, 5.74) is 6.43. The van der Waals surface area contributed by atoms with E-state index in [0.29, 0.717) is 46.7 Å². The van der Waals surface area contributed by atoms with Crippen molar-refractivity contribution in [2.24, 2.45) is 0 Å². The molecular formula is C37H35FN4O3. The number of aryl methyl sites for hydroxylation is 1. The number of fused-ring (bicyclic) bond motifs is 1. The zero-order valence-electron chi connectivity index (χ0n) is 25.5. The smallest absolute Gasteiger partial charge is 0.257 e. The molecule has 0 saturated heterocycles. The van der Waals surface area contributed by atoms with Crippen LogP contribution in [0.1, 0.15) is 37.5 Å². The largest absolute Gasteiger partial charge is 0.508 e. The van der Waals surface area contributed by atoms with E-state index in [1.165, 1.54) is 29.8 Å². The van der Waals surface area contributed by atoms with E-state index < -0.39 is 5.82 Å².